The first-order chi connectivity index (χ1) is 4.81. The van der Waals surface area contributed by atoms with E-state index in [1.807, 2.05) is 6.08 Å². The zero-order chi connectivity index (χ0) is 7.82. The van der Waals surface area contributed by atoms with E-state index in [-0.39, 0.29) is 0 Å². The third kappa shape index (κ3) is 5.61. The van der Waals surface area contributed by atoms with Gasteiger partial charge < -0.3 is 0 Å². The van der Waals surface area contributed by atoms with Crippen LogP contribution in [-0.2, 0) is 0 Å². The third-order valence-electron chi connectivity index (χ3n) is 1.53. The van der Waals surface area contributed by atoms with Crippen LogP contribution in [0.4, 0.5) is 0 Å². The molecule has 0 fully saturated rings. The normalized spacial score (nSPS) is 13.8. The van der Waals surface area contributed by atoms with Crippen LogP contribution >= 0.6 is 0 Å². The number of hydrogen-bond donors (Lipinski definition) is 0. The monoisotopic (exact) mass is 138 g/mol. The second-order valence-corrected chi connectivity index (χ2v) is 2.71. The highest BCUT2D eigenvalue weighted by molar-refractivity contribution is 4.87. The maximum absolute atomic E-state index is 3.73. The van der Waals surface area contributed by atoms with Gasteiger partial charge in [-0.1, -0.05) is 38.5 Å². The molecule has 0 aliphatic heterocycles. The van der Waals surface area contributed by atoms with Crippen molar-refractivity contribution in [1.29, 1.82) is 0 Å². The lowest BCUT2D eigenvalue weighted by Gasteiger charge is -1.97. The molecule has 0 N–H and O–H groups in total. The van der Waals surface area contributed by atoms with Crippen molar-refractivity contribution in [2.75, 3.05) is 0 Å². The van der Waals surface area contributed by atoms with E-state index in [9.17, 15) is 0 Å². The van der Waals surface area contributed by atoms with Crippen LogP contribution in [-0.4, -0.2) is 0 Å². The fourth-order valence-corrected chi connectivity index (χ4v) is 0.692. The van der Waals surface area contributed by atoms with E-state index in [1.54, 1.807) is 0 Å². The maximum Gasteiger partial charge on any atom is -0.0230 e. The summed E-state index contributed by atoms with van der Waals surface area (Å²) in [5, 5.41) is 0. The Hall–Kier alpha value is -0.520. The molecular formula is C10H18. The molecule has 0 heterocycles. The molecular weight excluding hydrogens is 120 g/mol. The number of unbranched alkanes of at least 4 members (excludes halogenated alkanes) is 1. The van der Waals surface area contributed by atoms with Gasteiger partial charge in [-0.15, -0.1) is 6.58 Å². The Labute approximate surface area is 64.6 Å². The van der Waals surface area contributed by atoms with Gasteiger partial charge in [0.15, 0.2) is 0 Å². The molecule has 1 unspecified atom stereocenters. The molecule has 0 aromatic carbocycles. The van der Waals surface area contributed by atoms with Crippen molar-refractivity contribution in [3.63, 3.8) is 0 Å². The fourth-order valence-electron chi connectivity index (χ4n) is 0.692. The third-order valence-corrected chi connectivity index (χ3v) is 1.53. The fraction of sp³-hybridized carbons (Fsp3) is 0.600. The van der Waals surface area contributed by atoms with Gasteiger partial charge in [0.1, 0.15) is 0 Å². The average molecular weight is 138 g/mol. The van der Waals surface area contributed by atoms with E-state index in [0.29, 0.717) is 5.92 Å². The Morgan fingerprint density at radius 1 is 1.40 bits per heavy atom. The van der Waals surface area contributed by atoms with Crippen LogP contribution in [0, 0.1) is 5.92 Å². The summed E-state index contributed by atoms with van der Waals surface area (Å²) in [5.41, 5.74) is 0. The largest absolute Gasteiger partial charge is 0.103 e. The minimum absolute atomic E-state index is 0.633. The molecule has 0 nitrogen and oxygen atoms in total. The highest BCUT2D eigenvalue weighted by Crippen LogP contribution is 2.03. The maximum atomic E-state index is 3.73. The van der Waals surface area contributed by atoms with Crippen LogP contribution in [0.3, 0.4) is 0 Å². The molecule has 0 saturated heterocycles. The summed E-state index contributed by atoms with van der Waals surface area (Å²) in [7, 11) is 0. The summed E-state index contributed by atoms with van der Waals surface area (Å²) in [4.78, 5) is 0. The first-order valence-electron chi connectivity index (χ1n) is 4.08. The molecule has 0 rings (SSSR count). The van der Waals surface area contributed by atoms with Crippen molar-refractivity contribution >= 4 is 0 Å². The van der Waals surface area contributed by atoms with Crippen molar-refractivity contribution in [3.05, 3.63) is 24.8 Å². The zero-order valence-corrected chi connectivity index (χ0v) is 7.14. The molecule has 0 aromatic heterocycles. The number of hydrogen-bond acceptors (Lipinski definition) is 0. The van der Waals surface area contributed by atoms with Crippen molar-refractivity contribution in [3.8, 4) is 0 Å². The molecule has 0 radical (unpaired) electrons. The standard InChI is InChI=1S/C10H18/c1-4-6-7-8-9-10(3)5-2/h5,7-8,10H,2,4,6,9H2,1,3H3. The van der Waals surface area contributed by atoms with E-state index in [1.165, 1.54) is 12.8 Å². The zero-order valence-electron chi connectivity index (χ0n) is 7.14. The van der Waals surface area contributed by atoms with Gasteiger partial charge in [-0.25, -0.2) is 0 Å². The van der Waals surface area contributed by atoms with Crippen LogP contribution in [0.1, 0.15) is 33.1 Å². The van der Waals surface area contributed by atoms with Gasteiger partial charge in [0.05, 0.1) is 0 Å². The molecule has 10 heavy (non-hydrogen) atoms. The van der Waals surface area contributed by atoms with Crippen molar-refractivity contribution in [1.82, 2.24) is 0 Å². The van der Waals surface area contributed by atoms with E-state index in [0.717, 1.165) is 6.42 Å². The van der Waals surface area contributed by atoms with Gasteiger partial charge in [-0.05, 0) is 18.8 Å². The molecule has 58 valence electrons. The Morgan fingerprint density at radius 3 is 2.60 bits per heavy atom. The molecule has 0 aliphatic carbocycles. The Bertz CT molecular complexity index is 101. The molecule has 0 aromatic rings. The van der Waals surface area contributed by atoms with Crippen molar-refractivity contribution in [2.45, 2.75) is 33.1 Å². The second kappa shape index (κ2) is 6.60. The summed E-state index contributed by atoms with van der Waals surface area (Å²) in [5.74, 6) is 0.633. The summed E-state index contributed by atoms with van der Waals surface area (Å²) >= 11 is 0. The van der Waals surface area contributed by atoms with Gasteiger partial charge in [0, 0.05) is 0 Å². The summed E-state index contributed by atoms with van der Waals surface area (Å²) in [6, 6.07) is 0. The van der Waals surface area contributed by atoms with Crippen LogP contribution in [0.5, 0.6) is 0 Å². The Balaban J connectivity index is 3.24. The van der Waals surface area contributed by atoms with E-state index in [2.05, 4.69) is 32.6 Å². The summed E-state index contributed by atoms with van der Waals surface area (Å²) in [6.45, 7) is 8.11. The molecule has 0 aliphatic rings. The molecule has 0 bridgehead atoms. The Morgan fingerprint density at radius 2 is 2.10 bits per heavy atom. The van der Waals surface area contributed by atoms with Crippen LogP contribution < -0.4 is 0 Å². The predicted octanol–water partition coefficient (Wildman–Crippen LogP) is 3.55. The minimum atomic E-state index is 0.633. The van der Waals surface area contributed by atoms with Gasteiger partial charge in [-0.3, -0.25) is 0 Å². The number of allylic oxidation sites excluding steroid dienone is 3. The van der Waals surface area contributed by atoms with Gasteiger partial charge >= 0.3 is 0 Å². The molecule has 1 atom stereocenters. The second-order valence-electron chi connectivity index (χ2n) is 2.71. The molecule has 0 amide bonds. The first kappa shape index (κ1) is 9.48. The molecule has 0 spiro atoms. The van der Waals surface area contributed by atoms with Gasteiger partial charge in [-0.2, -0.15) is 0 Å². The predicted molar refractivity (Wildman–Crippen MR) is 48.0 cm³/mol. The summed E-state index contributed by atoms with van der Waals surface area (Å²) in [6.07, 6.45) is 10.1. The first-order valence-corrected chi connectivity index (χ1v) is 4.08. The van der Waals surface area contributed by atoms with Gasteiger partial charge in [0.25, 0.3) is 0 Å². The SMILES string of the molecule is C=CC(C)CC=CCCC. The topological polar surface area (TPSA) is 0 Å². The van der Waals surface area contributed by atoms with Crippen LogP contribution in [0.2, 0.25) is 0 Å². The van der Waals surface area contributed by atoms with Crippen LogP contribution in [0.15, 0.2) is 24.8 Å². The van der Waals surface area contributed by atoms with Crippen LogP contribution in [0.25, 0.3) is 0 Å². The Kier molecular flexibility index (Phi) is 6.25. The van der Waals surface area contributed by atoms with Crippen molar-refractivity contribution < 1.29 is 0 Å². The summed E-state index contributed by atoms with van der Waals surface area (Å²) < 4.78 is 0. The van der Waals surface area contributed by atoms with Gasteiger partial charge in [0.2, 0.25) is 0 Å². The van der Waals surface area contributed by atoms with E-state index < -0.39 is 0 Å². The lowest BCUT2D eigenvalue weighted by molar-refractivity contribution is 0.743. The molecule has 0 heteroatoms. The highest BCUT2D eigenvalue weighted by atomic mass is 13.9. The van der Waals surface area contributed by atoms with E-state index in [4.69, 9.17) is 0 Å². The highest BCUT2D eigenvalue weighted by Gasteiger charge is 1.88. The number of rotatable bonds is 5. The lowest BCUT2D eigenvalue weighted by Crippen LogP contribution is -1.83. The smallest absolute Gasteiger partial charge is 0.0230 e. The minimum Gasteiger partial charge on any atom is -0.103 e. The van der Waals surface area contributed by atoms with E-state index >= 15 is 0 Å². The quantitative estimate of drug-likeness (QED) is 0.510. The average Bonchev–Trinajstić information content (AvgIpc) is 1.98. The van der Waals surface area contributed by atoms with Crippen molar-refractivity contribution in [2.24, 2.45) is 5.92 Å². The lowest BCUT2D eigenvalue weighted by atomic mass is 10.1. The molecule has 0 saturated carbocycles.